The predicted molar refractivity (Wildman–Crippen MR) is 75.8 cm³/mol. The van der Waals surface area contributed by atoms with E-state index < -0.39 is 0 Å². The molecule has 1 aliphatic carbocycles. The molecule has 3 heteroatoms. The predicted octanol–water partition coefficient (Wildman–Crippen LogP) is 3.67. The standard InChI is InChI=1S/C16H26O3/c1-4-6-7-8-9-13-11-14(17)10-12(3)15(13)16(18)19-5-2/h10,13,15H,4-9,11H2,1-3H3. The van der Waals surface area contributed by atoms with E-state index in [1.807, 2.05) is 13.8 Å². The average molecular weight is 266 g/mol. The minimum atomic E-state index is -0.209. The Hall–Kier alpha value is -1.12. The molecule has 0 aromatic heterocycles. The number of carbonyl (C=O) groups excluding carboxylic acids is 2. The third-order valence-electron chi connectivity index (χ3n) is 3.78. The maximum absolute atomic E-state index is 12.0. The molecule has 0 aliphatic heterocycles. The van der Waals surface area contributed by atoms with Crippen molar-refractivity contribution in [2.75, 3.05) is 6.61 Å². The zero-order chi connectivity index (χ0) is 14.3. The number of ketones is 1. The fourth-order valence-corrected chi connectivity index (χ4v) is 2.86. The van der Waals surface area contributed by atoms with Gasteiger partial charge in [0.1, 0.15) is 0 Å². The third kappa shape index (κ3) is 4.81. The van der Waals surface area contributed by atoms with Gasteiger partial charge in [-0.05, 0) is 32.3 Å². The van der Waals surface area contributed by atoms with Crippen molar-refractivity contribution < 1.29 is 14.3 Å². The summed E-state index contributed by atoms with van der Waals surface area (Å²) in [7, 11) is 0. The number of unbranched alkanes of at least 4 members (excludes halogenated alkanes) is 3. The van der Waals surface area contributed by atoms with E-state index in [9.17, 15) is 9.59 Å². The van der Waals surface area contributed by atoms with Crippen LogP contribution in [0.4, 0.5) is 0 Å². The molecular weight excluding hydrogens is 240 g/mol. The van der Waals surface area contributed by atoms with E-state index in [0.29, 0.717) is 13.0 Å². The number of rotatable bonds is 7. The Morgan fingerprint density at radius 3 is 2.68 bits per heavy atom. The highest BCUT2D eigenvalue weighted by atomic mass is 16.5. The summed E-state index contributed by atoms with van der Waals surface area (Å²) in [5.41, 5.74) is 0.871. The van der Waals surface area contributed by atoms with Gasteiger partial charge in [-0.15, -0.1) is 0 Å². The summed E-state index contributed by atoms with van der Waals surface area (Å²) in [5, 5.41) is 0. The van der Waals surface area contributed by atoms with Gasteiger partial charge >= 0.3 is 5.97 Å². The van der Waals surface area contributed by atoms with Crippen molar-refractivity contribution in [2.45, 2.75) is 59.3 Å². The average Bonchev–Trinajstić information content (AvgIpc) is 2.34. The highest BCUT2D eigenvalue weighted by Gasteiger charge is 2.35. The molecule has 0 amide bonds. The SMILES string of the molecule is CCCCCCC1CC(=O)C=C(C)C1C(=O)OCC. The van der Waals surface area contributed by atoms with Gasteiger partial charge in [-0.2, -0.15) is 0 Å². The summed E-state index contributed by atoms with van der Waals surface area (Å²) in [5.74, 6) is -0.0875. The van der Waals surface area contributed by atoms with Crippen molar-refractivity contribution in [1.29, 1.82) is 0 Å². The lowest BCUT2D eigenvalue weighted by molar-refractivity contribution is -0.149. The molecule has 3 nitrogen and oxygen atoms in total. The number of esters is 1. The summed E-state index contributed by atoms with van der Waals surface area (Å²) in [6, 6.07) is 0. The van der Waals surface area contributed by atoms with Gasteiger partial charge < -0.3 is 4.74 Å². The third-order valence-corrected chi connectivity index (χ3v) is 3.78. The molecule has 0 aromatic rings. The van der Waals surface area contributed by atoms with Crippen LogP contribution < -0.4 is 0 Å². The Morgan fingerprint density at radius 2 is 2.05 bits per heavy atom. The normalized spacial score (nSPS) is 23.1. The van der Waals surface area contributed by atoms with Crippen LogP contribution in [0.1, 0.15) is 59.3 Å². The smallest absolute Gasteiger partial charge is 0.313 e. The van der Waals surface area contributed by atoms with Gasteiger partial charge in [0.25, 0.3) is 0 Å². The van der Waals surface area contributed by atoms with Crippen molar-refractivity contribution in [3.05, 3.63) is 11.6 Å². The van der Waals surface area contributed by atoms with Crippen molar-refractivity contribution >= 4 is 11.8 Å². The summed E-state index contributed by atoms with van der Waals surface area (Å²) in [6.07, 6.45) is 7.75. The van der Waals surface area contributed by atoms with Gasteiger partial charge in [0, 0.05) is 6.42 Å². The van der Waals surface area contributed by atoms with Crippen LogP contribution >= 0.6 is 0 Å². The molecule has 0 radical (unpaired) electrons. The van der Waals surface area contributed by atoms with E-state index in [4.69, 9.17) is 4.74 Å². The van der Waals surface area contributed by atoms with E-state index in [1.54, 1.807) is 6.08 Å². The van der Waals surface area contributed by atoms with E-state index in [-0.39, 0.29) is 23.6 Å². The Kier molecular flexibility index (Phi) is 6.82. The second-order valence-corrected chi connectivity index (χ2v) is 5.40. The second kappa shape index (κ2) is 8.13. The molecule has 0 saturated carbocycles. The zero-order valence-corrected chi connectivity index (χ0v) is 12.4. The van der Waals surface area contributed by atoms with Gasteiger partial charge in [0.05, 0.1) is 12.5 Å². The Morgan fingerprint density at radius 1 is 1.32 bits per heavy atom. The van der Waals surface area contributed by atoms with Crippen LogP contribution in [-0.2, 0) is 14.3 Å². The van der Waals surface area contributed by atoms with Crippen molar-refractivity contribution in [2.24, 2.45) is 11.8 Å². The van der Waals surface area contributed by atoms with Crippen LogP contribution in [0.15, 0.2) is 11.6 Å². The van der Waals surface area contributed by atoms with Crippen molar-refractivity contribution in [1.82, 2.24) is 0 Å². The molecule has 108 valence electrons. The molecule has 0 aromatic carbocycles. The Balaban J connectivity index is 2.66. The quantitative estimate of drug-likeness (QED) is 0.521. The van der Waals surface area contributed by atoms with Crippen LogP contribution in [0.3, 0.4) is 0 Å². The second-order valence-electron chi connectivity index (χ2n) is 5.40. The molecule has 19 heavy (non-hydrogen) atoms. The maximum Gasteiger partial charge on any atom is 0.313 e. The van der Waals surface area contributed by atoms with Gasteiger partial charge in [0.2, 0.25) is 0 Å². The zero-order valence-electron chi connectivity index (χ0n) is 12.4. The monoisotopic (exact) mass is 266 g/mol. The minimum absolute atomic E-state index is 0.133. The first-order valence-electron chi connectivity index (χ1n) is 7.47. The van der Waals surface area contributed by atoms with Crippen molar-refractivity contribution in [3.8, 4) is 0 Å². The summed E-state index contributed by atoms with van der Waals surface area (Å²) in [4.78, 5) is 23.7. The van der Waals surface area contributed by atoms with Crippen LogP contribution in [0.2, 0.25) is 0 Å². The fraction of sp³-hybridized carbons (Fsp3) is 0.750. The minimum Gasteiger partial charge on any atom is -0.466 e. The summed E-state index contributed by atoms with van der Waals surface area (Å²) in [6.45, 7) is 6.27. The van der Waals surface area contributed by atoms with Gasteiger partial charge in [-0.25, -0.2) is 0 Å². The highest BCUT2D eigenvalue weighted by Crippen LogP contribution is 2.33. The Bertz CT molecular complexity index is 344. The maximum atomic E-state index is 12.0. The molecule has 1 rings (SSSR count). The van der Waals surface area contributed by atoms with E-state index in [2.05, 4.69) is 6.92 Å². The number of hydrogen-bond donors (Lipinski definition) is 0. The van der Waals surface area contributed by atoms with Gasteiger partial charge in [0.15, 0.2) is 5.78 Å². The van der Waals surface area contributed by atoms with Crippen LogP contribution in [-0.4, -0.2) is 18.4 Å². The lowest BCUT2D eigenvalue weighted by atomic mass is 9.76. The topological polar surface area (TPSA) is 43.4 Å². The highest BCUT2D eigenvalue weighted by molar-refractivity contribution is 5.94. The molecule has 2 atom stereocenters. The molecule has 0 spiro atoms. The largest absolute Gasteiger partial charge is 0.466 e. The first-order chi connectivity index (χ1) is 9.10. The lowest BCUT2D eigenvalue weighted by Gasteiger charge is -2.29. The molecular formula is C16H26O3. The van der Waals surface area contributed by atoms with Crippen LogP contribution in [0.25, 0.3) is 0 Å². The molecule has 0 N–H and O–H groups in total. The molecule has 1 aliphatic rings. The van der Waals surface area contributed by atoms with E-state index in [1.165, 1.54) is 19.3 Å². The number of carbonyl (C=O) groups is 2. The Labute approximate surface area is 116 Å². The van der Waals surface area contributed by atoms with Gasteiger partial charge in [-0.3, -0.25) is 9.59 Å². The first-order valence-corrected chi connectivity index (χ1v) is 7.47. The van der Waals surface area contributed by atoms with Gasteiger partial charge in [-0.1, -0.05) is 38.2 Å². The van der Waals surface area contributed by atoms with Crippen molar-refractivity contribution in [3.63, 3.8) is 0 Å². The van der Waals surface area contributed by atoms with E-state index >= 15 is 0 Å². The molecule has 0 bridgehead atoms. The first kappa shape index (κ1) is 15.9. The van der Waals surface area contributed by atoms with E-state index in [0.717, 1.165) is 18.4 Å². The molecule has 0 heterocycles. The molecule has 0 fully saturated rings. The number of ether oxygens (including phenoxy) is 1. The van der Waals surface area contributed by atoms with Crippen LogP contribution in [0.5, 0.6) is 0 Å². The fourth-order valence-electron chi connectivity index (χ4n) is 2.86. The molecule has 2 unspecified atom stereocenters. The van der Waals surface area contributed by atoms with Crippen LogP contribution in [0, 0.1) is 11.8 Å². The molecule has 0 saturated heterocycles. The summed E-state index contributed by atoms with van der Waals surface area (Å²) >= 11 is 0. The number of hydrogen-bond acceptors (Lipinski definition) is 3. The lowest BCUT2D eigenvalue weighted by Crippen LogP contribution is -2.32. The summed E-state index contributed by atoms with van der Waals surface area (Å²) < 4.78 is 5.15. The number of allylic oxidation sites excluding steroid dienone is 1.